The molecule has 6 atom stereocenters. The Morgan fingerprint density at radius 2 is 1.57 bits per heavy atom. The van der Waals surface area contributed by atoms with Crippen LogP contribution in [0, 0.1) is 30.6 Å². The molecule has 3 aromatic rings. The van der Waals surface area contributed by atoms with Gasteiger partial charge in [0.05, 0.1) is 43.1 Å². The molecule has 2 heterocycles. The number of amides is 4. The first-order valence-electron chi connectivity index (χ1n) is 18.0. The van der Waals surface area contributed by atoms with Crippen molar-refractivity contribution in [2.45, 2.75) is 56.8 Å². The van der Waals surface area contributed by atoms with Crippen molar-refractivity contribution >= 4 is 35.3 Å². The van der Waals surface area contributed by atoms with Crippen LogP contribution in [0.2, 0.25) is 0 Å². The molecule has 0 aromatic heterocycles. The third-order valence-corrected chi connectivity index (χ3v) is 11.6. The molecular weight excluding hydrogens is 678 g/mol. The number of nitrogens with zero attached hydrogens (tertiary/aromatic N) is 2. The fraction of sp³-hybridized carbons (Fsp3) is 0.390. The lowest BCUT2D eigenvalue weighted by molar-refractivity contribution is -0.141. The summed E-state index contributed by atoms with van der Waals surface area (Å²) in [5, 5.41) is 20.8. The number of hydrogen-bond acceptors (Lipinski definition) is 9. The average molecular weight is 722 g/mol. The molecule has 0 spiro atoms. The van der Waals surface area contributed by atoms with Crippen LogP contribution in [-0.4, -0.2) is 70.5 Å². The second-order valence-corrected chi connectivity index (χ2v) is 14.4. The molecule has 53 heavy (non-hydrogen) atoms. The predicted octanol–water partition coefficient (Wildman–Crippen LogP) is 5.35. The lowest BCUT2D eigenvalue weighted by Crippen LogP contribution is -2.53. The quantitative estimate of drug-likeness (QED) is 0.126. The number of carboxylic acids is 1. The molecule has 6 unspecified atom stereocenters. The highest BCUT2D eigenvalue weighted by Gasteiger charge is 2.71. The number of phenols is 1. The number of likely N-dealkylation sites (tertiary alicyclic amines) is 1. The summed E-state index contributed by atoms with van der Waals surface area (Å²) in [4.78, 5) is 70.8. The summed E-state index contributed by atoms with van der Waals surface area (Å²) in [5.41, 5.74) is 4.87. The lowest BCUT2D eigenvalue weighted by atomic mass is 9.49. The molecule has 0 bridgehead atoms. The van der Waals surface area contributed by atoms with Gasteiger partial charge in [0.2, 0.25) is 11.8 Å². The summed E-state index contributed by atoms with van der Waals surface area (Å²) < 4.78 is 11.8. The van der Waals surface area contributed by atoms with Crippen LogP contribution in [0.15, 0.2) is 78.4 Å². The fourth-order valence-corrected chi connectivity index (χ4v) is 9.28. The number of hydrazine groups is 1. The Balaban J connectivity index is 1.39. The topological polar surface area (TPSA) is 163 Å². The number of benzene rings is 3. The number of aryl methyl sites for hydroxylation is 1. The van der Waals surface area contributed by atoms with E-state index in [1.807, 2.05) is 55.5 Å². The van der Waals surface area contributed by atoms with Crippen LogP contribution in [-0.2, 0) is 29.4 Å². The van der Waals surface area contributed by atoms with Crippen molar-refractivity contribution in [1.29, 1.82) is 0 Å². The van der Waals surface area contributed by atoms with Gasteiger partial charge in [-0.1, -0.05) is 66.1 Å². The number of fused-ring (bicyclic) bond motifs is 4. The molecule has 2 aliphatic heterocycles. The predicted molar refractivity (Wildman–Crippen MR) is 193 cm³/mol. The van der Waals surface area contributed by atoms with Crippen molar-refractivity contribution in [1.82, 2.24) is 9.91 Å². The number of anilines is 1. The van der Waals surface area contributed by atoms with Gasteiger partial charge < -0.3 is 19.7 Å². The van der Waals surface area contributed by atoms with Crippen LogP contribution in [0.25, 0.3) is 0 Å². The van der Waals surface area contributed by atoms with Gasteiger partial charge in [0.15, 0.2) is 0 Å². The first kappa shape index (κ1) is 35.7. The summed E-state index contributed by atoms with van der Waals surface area (Å²) in [5.74, 6) is -5.96. The maximum absolute atomic E-state index is 15.4. The van der Waals surface area contributed by atoms with Crippen LogP contribution < -0.4 is 14.9 Å². The minimum Gasteiger partial charge on any atom is -0.508 e. The first-order chi connectivity index (χ1) is 25.5. The molecule has 0 radical (unpaired) electrons. The van der Waals surface area contributed by atoms with E-state index in [0.717, 1.165) is 16.1 Å². The van der Waals surface area contributed by atoms with Crippen molar-refractivity contribution in [3.05, 3.63) is 95.1 Å². The number of carbonyl (C=O) groups excluding carboxylic acids is 4. The zero-order valence-electron chi connectivity index (χ0n) is 29.9. The Labute approximate surface area is 307 Å². The van der Waals surface area contributed by atoms with E-state index in [9.17, 15) is 24.3 Å². The van der Waals surface area contributed by atoms with E-state index in [0.29, 0.717) is 36.1 Å². The Hall–Kier alpha value is -5.65. The largest absolute Gasteiger partial charge is 0.508 e. The van der Waals surface area contributed by atoms with Crippen molar-refractivity contribution in [3.63, 3.8) is 0 Å². The number of aliphatic carboxylic acids is 1. The van der Waals surface area contributed by atoms with Crippen LogP contribution in [0.3, 0.4) is 0 Å². The van der Waals surface area contributed by atoms with E-state index in [2.05, 4.69) is 5.43 Å². The Kier molecular flexibility index (Phi) is 9.48. The molecule has 12 heteroatoms. The number of aromatic hydroxyl groups is 1. The third-order valence-electron chi connectivity index (χ3n) is 11.6. The number of ether oxygens (including phenoxy) is 2. The van der Waals surface area contributed by atoms with Gasteiger partial charge in [-0.05, 0) is 56.2 Å². The molecule has 7 rings (SSSR count). The number of carbonyl (C=O) groups is 5. The van der Waals surface area contributed by atoms with Crippen molar-refractivity contribution in [2.75, 3.05) is 26.2 Å². The van der Waals surface area contributed by atoms with Crippen LogP contribution in [0.1, 0.15) is 61.1 Å². The number of carboxylic acid groups (broad SMARTS) is 1. The molecule has 3 aromatic carbocycles. The highest BCUT2D eigenvalue weighted by Crippen LogP contribution is 2.66. The van der Waals surface area contributed by atoms with E-state index in [-0.39, 0.29) is 54.9 Å². The van der Waals surface area contributed by atoms with E-state index in [1.54, 1.807) is 12.1 Å². The smallest absolute Gasteiger partial charge is 0.303 e. The summed E-state index contributed by atoms with van der Waals surface area (Å²) in [6, 6.07) is 19.4. The normalized spacial score (nSPS) is 26.2. The molecule has 276 valence electrons. The number of methoxy groups -OCH3 is 2. The van der Waals surface area contributed by atoms with Crippen molar-refractivity contribution in [2.24, 2.45) is 23.7 Å². The molecule has 4 amide bonds. The highest BCUT2D eigenvalue weighted by atomic mass is 16.5. The number of allylic oxidation sites excluding steroid dienone is 2. The van der Waals surface area contributed by atoms with Crippen LogP contribution >= 0.6 is 0 Å². The molecule has 2 aliphatic carbocycles. The zero-order valence-corrected chi connectivity index (χ0v) is 29.9. The molecule has 12 nitrogen and oxygen atoms in total. The minimum atomic E-state index is -1.54. The van der Waals surface area contributed by atoms with Gasteiger partial charge in [0, 0.05) is 36.6 Å². The second-order valence-electron chi connectivity index (χ2n) is 14.4. The molecule has 3 N–H and O–H groups in total. The van der Waals surface area contributed by atoms with Crippen molar-refractivity contribution in [3.8, 4) is 17.2 Å². The van der Waals surface area contributed by atoms with Gasteiger partial charge in [-0.25, -0.2) is 0 Å². The van der Waals surface area contributed by atoms with Gasteiger partial charge in [-0.2, -0.15) is 5.01 Å². The van der Waals surface area contributed by atoms with Crippen LogP contribution in [0.4, 0.5) is 5.69 Å². The maximum atomic E-state index is 15.4. The van der Waals surface area contributed by atoms with Gasteiger partial charge in [-0.15, -0.1) is 0 Å². The fourth-order valence-electron chi connectivity index (χ4n) is 9.28. The monoisotopic (exact) mass is 721 g/mol. The number of hydrogen-bond donors (Lipinski definition) is 3. The average Bonchev–Trinajstić information content (AvgIpc) is 3.52. The zero-order chi connectivity index (χ0) is 37.6. The van der Waals surface area contributed by atoms with Crippen molar-refractivity contribution < 1.29 is 43.7 Å². The summed E-state index contributed by atoms with van der Waals surface area (Å²) in [6.07, 6.45) is 3.82. The molecule has 3 fully saturated rings. The number of unbranched alkanes of at least 4 members (excludes halogenated alkanes) is 2. The highest BCUT2D eigenvalue weighted by molar-refractivity contribution is 6.13. The SMILES string of the molecule is COc1cc(O)cc(OC)c1C1C2=CCC3C(=O)N(CCCCCC(=O)O)C(=O)C3C2CC2C(=O)N(Nc3ccc(C)cc3)C(=O)C21c1ccccc1. The summed E-state index contributed by atoms with van der Waals surface area (Å²) in [7, 11) is 2.91. The second kappa shape index (κ2) is 14.1. The Bertz CT molecular complexity index is 1970. The molecule has 4 aliphatic rings. The Morgan fingerprint density at radius 3 is 2.21 bits per heavy atom. The van der Waals surface area contributed by atoms with E-state index < -0.39 is 52.8 Å². The Morgan fingerprint density at radius 1 is 0.887 bits per heavy atom. The number of phenolic OH excluding ortho intramolecular Hbond substituents is 1. The number of nitrogens with one attached hydrogen (secondary N) is 1. The van der Waals surface area contributed by atoms with Gasteiger partial charge in [0.1, 0.15) is 17.2 Å². The minimum absolute atomic E-state index is 0.0150. The van der Waals surface area contributed by atoms with Gasteiger partial charge in [-0.3, -0.25) is 34.3 Å². The van der Waals surface area contributed by atoms with E-state index in [1.165, 1.54) is 31.3 Å². The van der Waals surface area contributed by atoms with Gasteiger partial charge >= 0.3 is 5.97 Å². The number of rotatable bonds is 12. The number of imide groups is 2. The van der Waals surface area contributed by atoms with Gasteiger partial charge in [0.25, 0.3) is 11.8 Å². The molecular formula is C41H43N3O9. The third kappa shape index (κ3) is 5.80. The standard InChI is InChI=1S/C41H43N3O9/c1-23-13-15-25(16-14-23)42-44-38(49)30-22-29-27(17-18-28-34(29)39(50)43(37(28)48)19-9-5-8-12-33(46)47)36(35-31(52-2)20-26(45)21-32(35)53-3)41(30,40(44)51)24-10-6-4-7-11-24/h4,6-7,10-11,13-17,20-21,28-30,34,36,42,45H,5,8-9,12,18-19,22H2,1-3H3,(H,46,47). The summed E-state index contributed by atoms with van der Waals surface area (Å²) in [6.45, 7) is 2.12. The lowest BCUT2D eigenvalue weighted by Gasteiger charge is -2.51. The molecule has 2 saturated heterocycles. The molecule has 1 saturated carbocycles. The maximum Gasteiger partial charge on any atom is 0.303 e. The van der Waals surface area contributed by atoms with Crippen LogP contribution in [0.5, 0.6) is 17.2 Å². The van der Waals surface area contributed by atoms with E-state index in [4.69, 9.17) is 14.6 Å². The van der Waals surface area contributed by atoms with E-state index >= 15 is 4.79 Å². The summed E-state index contributed by atoms with van der Waals surface area (Å²) >= 11 is 0. The first-order valence-corrected chi connectivity index (χ1v) is 18.0.